The predicted octanol–water partition coefficient (Wildman–Crippen LogP) is 2.69. The summed E-state index contributed by atoms with van der Waals surface area (Å²) in [6.45, 7) is 1.25. The molecule has 0 radical (unpaired) electrons. The molecule has 1 fully saturated rings. The van der Waals surface area contributed by atoms with E-state index in [9.17, 15) is 13.2 Å². The highest BCUT2D eigenvalue weighted by molar-refractivity contribution is 5.37. The maximum Gasteiger partial charge on any atom is 0.401 e. The Balaban J connectivity index is 2.00. The van der Waals surface area contributed by atoms with Gasteiger partial charge < -0.3 is 5.32 Å². The van der Waals surface area contributed by atoms with E-state index in [2.05, 4.69) is 11.4 Å². The van der Waals surface area contributed by atoms with Crippen LogP contribution in [-0.4, -0.2) is 37.3 Å². The zero-order chi connectivity index (χ0) is 14.2. The van der Waals surface area contributed by atoms with E-state index in [0.29, 0.717) is 13.0 Å². The van der Waals surface area contributed by atoms with Crippen LogP contribution in [0.2, 0.25) is 0 Å². The van der Waals surface area contributed by atoms with Crippen molar-refractivity contribution in [3.63, 3.8) is 0 Å². The molecule has 1 aromatic carbocycles. The molecule has 0 aliphatic carbocycles. The molecule has 0 saturated carbocycles. The van der Waals surface area contributed by atoms with E-state index in [4.69, 9.17) is 0 Å². The lowest BCUT2D eigenvalue weighted by Crippen LogP contribution is -2.57. The molecule has 0 atom stereocenters. The van der Waals surface area contributed by atoms with Crippen LogP contribution in [0.15, 0.2) is 24.3 Å². The molecule has 2 aliphatic rings. The number of alkyl halides is 3. The van der Waals surface area contributed by atoms with Gasteiger partial charge in [-0.1, -0.05) is 24.3 Å². The first-order chi connectivity index (χ1) is 9.51. The lowest BCUT2D eigenvalue weighted by atomic mass is 9.74. The zero-order valence-corrected chi connectivity index (χ0v) is 11.3. The van der Waals surface area contributed by atoms with Crippen LogP contribution >= 0.6 is 0 Å². The van der Waals surface area contributed by atoms with E-state index in [1.165, 1.54) is 5.56 Å². The van der Waals surface area contributed by atoms with Crippen molar-refractivity contribution in [1.29, 1.82) is 0 Å². The van der Waals surface area contributed by atoms with E-state index in [0.717, 1.165) is 31.5 Å². The fraction of sp³-hybridized carbons (Fsp3) is 0.600. The quantitative estimate of drug-likeness (QED) is 0.853. The Labute approximate surface area is 117 Å². The zero-order valence-electron chi connectivity index (χ0n) is 11.3. The van der Waals surface area contributed by atoms with Crippen LogP contribution < -0.4 is 5.32 Å². The summed E-state index contributed by atoms with van der Waals surface area (Å²) in [5, 5.41) is 3.26. The summed E-state index contributed by atoms with van der Waals surface area (Å²) >= 11 is 0. The van der Waals surface area contributed by atoms with Gasteiger partial charge in [0.2, 0.25) is 0 Å². The maximum atomic E-state index is 12.9. The molecule has 0 amide bonds. The highest BCUT2D eigenvalue weighted by Gasteiger charge is 2.46. The first-order valence-corrected chi connectivity index (χ1v) is 7.12. The van der Waals surface area contributed by atoms with Crippen molar-refractivity contribution in [2.45, 2.75) is 31.0 Å². The summed E-state index contributed by atoms with van der Waals surface area (Å²) in [4.78, 5) is 1.66. The van der Waals surface area contributed by atoms with Gasteiger partial charge in [0.25, 0.3) is 0 Å². The van der Waals surface area contributed by atoms with E-state index in [1.807, 2.05) is 18.2 Å². The molecule has 2 heterocycles. The van der Waals surface area contributed by atoms with Crippen LogP contribution in [0, 0.1) is 0 Å². The Kier molecular flexibility index (Phi) is 3.50. The van der Waals surface area contributed by atoms with Gasteiger partial charge in [-0.05, 0) is 43.5 Å². The third kappa shape index (κ3) is 2.44. The minimum absolute atomic E-state index is 0.435. The second-order valence-electron chi connectivity index (χ2n) is 5.73. The van der Waals surface area contributed by atoms with E-state index in [-0.39, 0.29) is 0 Å². The molecular formula is C15H19F3N2. The number of benzene rings is 1. The first kappa shape index (κ1) is 13.9. The Morgan fingerprint density at radius 2 is 1.85 bits per heavy atom. The van der Waals surface area contributed by atoms with Gasteiger partial charge in [-0.15, -0.1) is 0 Å². The van der Waals surface area contributed by atoms with Gasteiger partial charge in [-0.25, -0.2) is 0 Å². The Morgan fingerprint density at radius 1 is 1.15 bits per heavy atom. The van der Waals surface area contributed by atoms with Gasteiger partial charge in [-0.3, -0.25) is 4.90 Å². The van der Waals surface area contributed by atoms with Gasteiger partial charge in [0.1, 0.15) is 0 Å². The van der Waals surface area contributed by atoms with Crippen molar-refractivity contribution in [1.82, 2.24) is 10.2 Å². The topological polar surface area (TPSA) is 15.3 Å². The first-order valence-electron chi connectivity index (χ1n) is 7.12. The predicted molar refractivity (Wildman–Crippen MR) is 71.6 cm³/mol. The lowest BCUT2D eigenvalue weighted by molar-refractivity contribution is -0.164. The van der Waals surface area contributed by atoms with Crippen molar-refractivity contribution < 1.29 is 13.2 Å². The number of piperidine rings is 1. The summed E-state index contributed by atoms with van der Waals surface area (Å²) < 4.78 is 38.7. The van der Waals surface area contributed by atoms with Gasteiger partial charge in [0, 0.05) is 12.1 Å². The van der Waals surface area contributed by atoms with E-state index >= 15 is 0 Å². The maximum absolute atomic E-state index is 12.9. The molecule has 5 heteroatoms. The van der Waals surface area contributed by atoms with Gasteiger partial charge in [0.05, 0.1) is 6.54 Å². The Morgan fingerprint density at radius 3 is 2.55 bits per heavy atom. The third-order valence-electron chi connectivity index (χ3n) is 4.58. The highest BCUT2D eigenvalue weighted by atomic mass is 19.4. The second kappa shape index (κ2) is 5.04. The number of halogens is 3. The molecule has 0 aromatic heterocycles. The lowest BCUT2D eigenvalue weighted by Gasteiger charge is -2.51. The van der Waals surface area contributed by atoms with Crippen LogP contribution in [0.25, 0.3) is 0 Å². The normalized spacial score (nSPS) is 22.8. The molecule has 1 spiro atoms. The van der Waals surface area contributed by atoms with Crippen LogP contribution in [0.1, 0.15) is 24.0 Å². The average Bonchev–Trinajstić information content (AvgIpc) is 2.42. The van der Waals surface area contributed by atoms with Crippen molar-refractivity contribution >= 4 is 0 Å². The van der Waals surface area contributed by atoms with Gasteiger partial charge >= 0.3 is 6.18 Å². The van der Waals surface area contributed by atoms with Crippen molar-refractivity contribution in [2.24, 2.45) is 0 Å². The van der Waals surface area contributed by atoms with Crippen molar-refractivity contribution in [3.8, 4) is 0 Å². The summed E-state index contributed by atoms with van der Waals surface area (Å²) in [7, 11) is 0. The Bertz CT molecular complexity index is 478. The smallest absolute Gasteiger partial charge is 0.317 e. The highest BCUT2D eigenvalue weighted by Crippen LogP contribution is 2.43. The summed E-state index contributed by atoms with van der Waals surface area (Å²) in [5.41, 5.74) is 1.89. The van der Waals surface area contributed by atoms with Crippen LogP contribution in [0.5, 0.6) is 0 Å². The number of hydrogen-bond donors (Lipinski definition) is 1. The largest absolute Gasteiger partial charge is 0.401 e. The van der Waals surface area contributed by atoms with E-state index < -0.39 is 18.3 Å². The molecule has 1 saturated heterocycles. The molecule has 2 aliphatic heterocycles. The van der Waals surface area contributed by atoms with Crippen LogP contribution in [0.3, 0.4) is 0 Å². The molecule has 1 N–H and O–H groups in total. The summed E-state index contributed by atoms with van der Waals surface area (Å²) in [6, 6.07) is 8.00. The molecule has 2 nitrogen and oxygen atoms in total. The monoisotopic (exact) mass is 284 g/mol. The standard InChI is InChI=1S/C15H19F3N2/c16-15(17,18)11-20-10-5-12-3-1-2-4-13(12)14(20)6-8-19-9-7-14/h1-4,19H,5-11H2. The molecule has 20 heavy (non-hydrogen) atoms. The number of rotatable bonds is 1. The van der Waals surface area contributed by atoms with Gasteiger partial charge in [-0.2, -0.15) is 13.2 Å². The molecule has 1 aromatic rings. The van der Waals surface area contributed by atoms with Crippen LogP contribution in [0.4, 0.5) is 13.2 Å². The van der Waals surface area contributed by atoms with Crippen molar-refractivity contribution in [2.75, 3.05) is 26.2 Å². The molecule has 0 unspecified atom stereocenters. The number of nitrogens with zero attached hydrogens (tertiary/aromatic N) is 1. The average molecular weight is 284 g/mol. The van der Waals surface area contributed by atoms with Gasteiger partial charge in [0.15, 0.2) is 0 Å². The second-order valence-corrected chi connectivity index (χ2v) is 5.73. The Hall–Kier alpha value is -1.07. The molecule has 0 bridgehead atoms. The summed E-state index contributed by atoms with van der Waals surface area (Å²) in [5.74, 6) is 0. The number of nitrogens with one attached hydrogen (secondary N) is 1. The summed E-state index contributed by atoms with van der Waals surface area (Å²) in [6.07, 6.45) is -1.92. The fourth-order valence-corrected chi connectivity index (χ4v) is 3.70. The molecule has 110 valence electrons. The van der Waals surface area contributed by atoms with Crippen LogP contribution in [-0.2, 0) is 12.0 Å². The third-order valence-corrected chi connectivity index (χ3v) is 4.58. The SMILES string of the molecule is FC(F)(F)CN1CCc2ccccc2C12CCNCC2. The number of hydrogen-bond acceptors (Lipinski definition) is 2. The van der Waals surface area contributed by atoms with E-state index in [1.54, 1.807) is 4.90 Å². The number of fused-ring (bicyclic) bond motifs is 2. The minimum Gasteiger partial charge on any atom is -0.317 e. The molecule has 3 rings (SSSR count). The van der Waals surface area contributed by atoms with Crippen molar-refractivity contribution in [3.05, 3.63) is 35.4 Å². The molecular weight excluding hydrogens is 265 g/mol. The minimum atomic E-state index is -4.13. The fourth-order valence-electron chi connectivity index (χ4n) is 3.70.